The largest absolute Gasteiger partial charge is 0.357 e. The molecule has 0 radical (unpaired) electrons. The van der Waals surface area contributed by atoms with E-state index in [0.29, 0.717) is 3.95 Å². The predicted octanol–water partition coefficient (Wildman–Crippen LogP) is 3.72. The fraction of sp³-hybridized carbons (Fsp3) is 0.500. The molecule has 3 N–H and O–H groups in total. The first-order chi connectivity index (χ1) is 18.2. The van der Waals surface area contributed by atoms with Gasteiger partial charge >= 0.3 is 0 Å². The normalized spacial score (nSPS) is 15.5. The Morgan fingerprint density at radius 2 is 1.56 bits per heavy atom. The summed E-state index contributed by atoms with van der Waals surface area (Å²) in [6, 6.07) is 5.56. The Kier molecular flexibility index (Phi) is 9.73. The molecule has 0 saturated carbocycles. The minimum absolute atomic E-state index is 0.0207. The summed E-state index contributed by atoms with van der Waals surface area (Å²) in [6.45, 7) is 8.96. The average Bonchev–Trinajstić information content (AvgIpc) is 3.38. The quantitative estimate of drug-likeness (QED) is 0.218. The van der Waals surface area contributed by atoms with Gasteiger partial charge in [0.15, 0.2) is 3.95 Å². The van der Waals surface area contributed by atoms with Gasteiger partial charge in [0.05, 0.1) is 23.0 Å². The maximum atomic E-state index is 13.8. The summed E-state index contributed by atoms with van der Waals surface area (Å²) >= 11 is 5.07. The molecule has 0 fully saturated rings. The van der Waals surface area contributed by atoms with Crippen LogP contribution < -0.4 is 16.0 Å². The van der Waals surface area contributed by atoms with E-state index in [0.717, 1.165) is 4.90 Å². The van der Waals surface area contributed by atoms with Crippen molar-refractivity contribution in [1.29, 1.82) is 0 Å². The highest BCUT2D eigenvalue weighted by molar-refractivity contribution is 7.79. The zero-order valence-corrected chi connectivity index (χ0v) is 25.1. The number of fused-ring (bicyclic) bond motifs is 1. The average molecular weight is 592 g/mol. The van der Waals surface area contributed by atoms with Gasteiger partial charge in [0.2, 0.25) is 22.9 Å². The topological polar surface area (TPSA) is 138 Å². The van der Waals surface area contributed by atoms with Crippen molar-refractivity contribution in [3.05, 3.63) is 39.3 Å². The number of carbonyl (C=O) groups excluding carboxylic acids is 5. The lowest BCUT2D eigenvalue weighted by Gasteiger charge is -2.34. The van der Waals surface area contributed by atoms with Gasteiger partial charge in [0.25, 0.3) is 11.8 Å². The van der Waals surface area contributed by atoms with E-state index in [2.05, 4.69) is 20.9 Å². The summed E-state index contributed by atoms with van der Waals surface area (Å²) in [4.78, 5) is 71.7. The Morgan fingerprint density at radius 3 is 2.03 bits per heavy atom. The lowest BCUT2D eigenvalue weighted by atomic mass is 9.81. The zero-order chi connectivity index (χ0) is 29.1. The van der Waals surface area contributed by atoms with Crippen molar-refractivity contribution in [2.45, 2.75) is 47.1 Å². The lowest BCUT2D eigenvalue weighted by molar-refractivity contribution is -0.137. The molecule has 1 aliphatic heterocycles. The standard InChI is InChI=1S/C26H33N5O5S3/c1-13(2)11-16(19(32)28-18(21(34)27-6)26(3,4)5)17(20(33)29-24-30-25(37)39-38-24)12-31-22(35)14-9-7-8-10-15(14)23(31)36/h7-10,13,16-18H,11-12H2,1-6H3,(H,27,34)(H,28,32)(H,29,30,33,37). The highest BCUT2D eigenvalue weighted by Gasteiger charge is 2.43. The third-order valence-corrected chi connectivity index (χ3v) is 8.94. The first-order valence-electron chi connectivity index (χ1n) is 12.5. The van der Waals surface area contributed by atoms with Crippen LogP contribution in [0, 0.1) is 27.1 Å². The number of anilines is 1. The van der Waals surface area contributed by atoms with E-state index in [1.807, 2.05) is 34.6 Å². The van der Waals surface area contributed by atoms with Crippen LogP contribution in [0.2, 0.25) is 0 Å². The number of benzene rings is 1. The van der Waals surface area contributed by atoms with Crippen molar-refractivity contribution in [2.24, 2.45) is 23.2 Å². The highest BCUT2D eigenvalue weighted by Crippen LogP contribution is 2.30. The zero-order valence-electron chi connectivity index (χ0n) is 22.7. The number of rotatable bonds is 10. The maximum absolute atomic E-state index is 13.8. The molecule has 39 heavy (non-hydrogen) atoms. The molecule has 2 heterocycles. The van der Waals surface area contributed by atoms with Crippen LogP contribution in [0.3, 0.4) is 0 Å². The third-order valence-electron chi connectivity index (χ3n) is 6.42. The summed E-state index contributed by atoms with van der Waals surface area (Å²) in [5.41, 5.74) is -0.131. The van der Waals surface area contributed by atoms with Crippen LogP contribution in [-0.4, -0.2) is 59.1 Å². The first kappa shape index (κ1) is 30.5. The van der Waals surface area contributed by atoms with Crippen LogP contribution in [-0.2, 0) is 14.4 Å². The number of imide groups is 1. The maximum Gasteiger partial charge on any atom is 0.261 e. The van der Waals surface area contributed by atoms with E-state index in [4.69, 9.17) is 12.2 Å². The van der Waals surface area contributed by atoms with Crippen molar-refractivity contribution in [3.8, 4) is 0 Å². The second-order valence-corrected chi connectivity index (χ2v) is 13.6. The van der Waals surface area contributed by atoms with Gasteiger partial charge in [0, 0.05) is 13.6 Å². The number of hydrogen-bond donors (Lipinski definition) is 3. The molecule has 13 heteroatoms. The number of aromatic nitrogens is 1. The molecule has 1 aromatic carbocycles. The van der Waals surface area contributed by atoms with Gasteiger partial charge in [-0.15, -0.1) is 0 Å². The highest BCUT2D eigenvalue weighted by atomic mass is 32.9. The second kappa shape index (κ2) is 12.4. The summed E-state index contributed by atoms with van der Waals surface area (Å²) in [5, 5.41) is 8.40. The molecular weight excluding hydrogens is 559 g/mol. The molecule has 0 bridgehead atoms. The van der Waals surface area contributed by atoms with E-state index < -0.39 is 46.9 Å². The van der Waals surface area contributed by atoms with Crippen LogP contribution in [0.4, 0.5) is 5.13 Å². The number of hydrogen-bond acceptors (Lipinski definition) is 9. The van der Waals surface area contributed by atoms with E-state index in [1.54, 1.807) is 24.3 Å². The number of amides is 5. The molecule has 3 unspecified atom stereocenters. The third kappa shape index (κ3) is 7.14. The van der Waals surface area contributed by atoms with Crippen LogP contribution in [0.25, 0.3) is 0 Å². The fourth-order valence-corrected chi connectivity index (χ4v) is 6.33. The second-order valence-electron chi connectivity index (χ2n) is 10.9. The molecule has 3 rings (SSSR count). The number of likely N-dealkylation sites (N-methyl/N-ethyl adjacent to an activating group) is 1. The minimum Gasteiger partial charge on any atom is -0.357 e. The molecule has 0 aliphatic carbocycles. The van der Waals surface area contributed by atoms with E-state index >= 15 is 0 Å². The van der Waals surface area contributed by atoms with Crippen molar-refractivity contribution >= 4 is 67.6 Å². The lowest BCUT2D eigenvalue weighted by Crippen LogP contribution is -2.56. The van der Waals surface area contributed by atoms with Crippen LogP contribution in [0.15, 0.2) is 24.3 Å². The van der Waals surface area contributed by atoms with Gasteiger partial charge in [-0.25, -0.2) is 0 Å². The summed E-state index contributed by atoms with van der Waals surface area (Å²) < 4.78 is 0.349. The minimum atomic E-state index is -1.12. The fourth-order valence-electron chi connectivity index (χ4n) is 4.47. The Bertz CT molecular complexity index is 1290. The molecule has 0 saturated heterocycles. The SMILES string of the molecule is CNC(=O)C(NC(=O)C(CC(C)C)C(CN1C(=O)c2ccccc2C1=O)C(=O)Nc1nc(=S)ss1)C(C)(C)C. The molecule has 2 aromatic rings. The van der Waals surface area contributed by atoms with Gasteiger partial charge < -0.3 is 16.0 Å². The van der Waals surface area contributed by atoms with Crippen molar-refractivity contribution in [1.82, 2.24) is 20.5 Å². The van der Waals surface area contributed by atoms with Gasteiger partial charge in [-0.05, 0) is 62.8 Å². The smallest absolute Gasteiger partial charge is 0.261 e. The number of nitrogens with one attached hydrogen (secondary N) is 3. The van der Waals surface area contributed by atoms with Gasteiger partial charge in [0.1, 0.15) is 6.04 Å². The Labute approximate surface area is 240 Å². The van der Waals surface area contributed by atoms with Crippen LogP contribution in [0.1, 0.15) is 61.8 Å². The Morgan fingerprint density at radius 1 is 0.974 bits per heavy atom. The summed E-state index contributed by atoms with van der Waals surface area (Å²) in [5.74, 6) is -4.63. The summed E-state index contributed by atoms with van der Waals surface area (Å²) in [7, 11) is 3.88. The van der Waals surface area contributed by atoms with Crippen molar-refractivity contribution in [3.63, 3.8) is 0 Å². The van der Waals surface area contributed by atoms with Gasteiger partial charge in [-0.3, -0.25) is 28.9 Å². The van der Waals surface area contributed by atoms with Crippen molar-refractivity contribution < 1.29 is 24.0 Å². The van der Waals surface area contributed by atoms with Gasteiger partial charge in [-0.2, -0.15) is 4.98 Å². The molecular formula is C26H33N5O5S3. The monoisotopic (exact) mass is 591 g/mol. The van der Waals surface area contributed by atoms with Gasteiger partial charge in [-0.1, -0.05) is 46.8 Å². The summed E-state index contributed by atoms with van der Waals surface area (Å²) in [6.07, 6.45) is 0.268. The Balaban J connectivity index is 2.01. The molecule has 1 aliphatic rings. The molecule has 3 atom stereocenters. The van der Waals surface area contributed by atoms with Crippen molar-refractivity contribution in [2.75, 3.05) is 18.9 Å². The van der Waals surface area contributed by atoms with E-state index in [9.17, 15) is 24.0 Å². The first-order valence-corrected chi connectivity index (χ1v) is 15.1. The molecule has 5 amide bonds. The Hall–Kier alpha value is -3.03. The van der Waals surface area contributed by atoms with Crippen LogP contribution in [0.5, 0.6) is 0 Å². The van der Waals surface area contributed by atoms with E-state index in [1.165, 1.54) is 27.7 Å². The van der Waals surface area contributed by atoms with Crippen LogP contribution >= 0.6 is 32.9 Å². The number of nitrogens with zero attached hydrogens (tertiary/aromatic N) is 2. The molecule has 1 aromatic heterocycles. The molecule has 210 valence electrons. The van der Waals surface area contributed by atoms with E-state index in [-0.39, 0.29) is 41.0 Å². The molecule has 0 spiro atoms. The molecule has 10 nitrogen and oxygen atoms in total. The number of carbonyl (C=O) groups is 5. The predicted molar refractivity (Wildman–Crippen MR) is 153 cm³/mol.